The summed E-state index contributed by atoms with van der Waals surface area (Å²) in [6.45, 7) is 6.55. The molecule has 1 amide bonds. The number of nitrogens with zero attached hydrogens (tertiary/aromatic N) is 3. The molecule has 0 spiro atoms. The summed E-state index contributed by atoms with van der Waals surface area (Å²) < 4.78 is 13.0. The SMILES string of the molecule is CCN(CC)CC(O)CNC(=O)Cn1cnc(-c2ccccc2OC)c1-c1ccccc1OC. The molecule has 0 aliphatic carbocycles. The minimum Gasteiger partial charge on any atom is -0.496 e. The first kappa shape index (κ1) is 25.3. The Hall–Kier alpha value is -3.36. The van der Waals surface area contributed by atoms with Crippen LogP contribution in [0.2, 0.25) is 0 Å². The fraction of sp³-hybridized carbons (Fsp3) is 0.385. The van der Waals surface area contributed by atoms with E-state index in [4.69, 9.17) is 9.47 Å². The van der Waals surface area contributed by atoms with Crippen LogP contribution in [-0.4, -0.2) is 72.0 Å². The van der Waals surface area contributed by atoms with Crippen LogP contribution < -0.4 is 14.8 Å². The molecule has 8 nitrogen and oxygen atoms in total. The molecule has 0 radical (unpaired) electrons. The van der Waals surface area contributed by atoms with Crippen LogP contribution in [0, 0.1) is 0 Å². The maximum absolute atomic E-state index is 12.8. The van der Waals surface area contributed by atoms with Crippen molar-refractivity contribution in [3.8, 4) is 34.0 Å². The van der Waals surface area contributed by atoms with Gasteiger partial charge < -0.3 is 29.4 Å². The van der Waals surface area contributed by atoms with Crippen LogP contribution in [-0.2, 0) is 11.3 Å². The minimum absolute atomic E-state index is 0.0491. The summed E-state index contributed by atoms with van der Waals surface area (Å²) in [5.74, 6) is 1.15. The Morgan fingerprint density at radius 2 is 1.62 bits per heavy atom. The van der Waals surface area contributed by atoms with E-state index in [1.807, 2.05) is 62.4 Å². The first-order valence-corrected chi connectivity index (χ1v) is 11.5. The van der Waals surface area contributed by atoms with Gasteiger partial charge in [-0.25, -0.2) is 4.98 Å². The molecule has 34 heavy (non-hydrogen) atoms. The van der Waals surface area contributed by atoms with Gasteiger partial charge in [-0.1, -0.05) is 38.1 Å². The number of imidazole rings is 1. The lowest BCUT2D eigenvalue weighted by molar-refractivity contribution is -0.122. The number of aliphatic hydroxyl groups excluding tert-OH is 1. The highest BCUT2D eigenvalue weighted by Crippen LogP contribution is 2.39. The highest BCUT2D eigenvalue weighted by molar-refractivity contribution is 5.85. The molecule has 0 aliphatic rings. The summed E-state index contributed by atoms with van der Waals surface area (Å²) in [5.41, 5.74) is 3.08. The zero-order chi connectivity index (χ0) is 24.5. The van der Waals surface area contributed by atoms with Gasteiger partial charge in [-0.2, -0.15) is 0 Å². The first-order valence-electron chi connectivity index (χ1n) is 11.5. The Balaban J connectivity index is 1.89. The number of hydrogen-bond acceptors (Lipinski definition) is 6. The van der Waals surface area contributed by atoms with E-state index in [0.717, 1.165) is 29.9 Å². The summed E-state index contributed by atoms with van der Waals surface area (Å²) in [5, 5.41) is 13.1. The molecule has 0 saturated carbocycles. The summed E-state index contributed by atoms with van der Waals surface area (Å²) in [6.07, 6.45) is 1.01. The number of ether oxygens (including phenoxy) is 2. The van der Waals surface area contributed by atoms with Crippen molar-refractivity contribution in [2.75, 3.05) is 40.4 Å². The number of benzene rings is 2. The Labute approximate surface area is 201 Å². The smallest absolute Gasteiger partial charge is 0.240 e. The molecule has 1 heterocycles. The number of para-hydroxylation sites is 2. The molecule has 3 aromatic rings. The summed E-state index contributed by atoms with van der Waals surface area (Å²) >= 11 is 0. The average molecular weight is 467 g/mol. The van der Waals surface area contributed by atoms with Crippen LogP contribution in [0.3, 0.4) is 0 Å². The maximum Gasteiger partial charge on any atom is 0.240 e. The third-order valence-corrected chi connectivity index (χ3v) is 5.77. The topological polar surface area (TPSA) is 88.9 Å². The van der Waals surface area contributed by atoms with Gasteiger partial charge in [0.1, 0.15) is 23.7 Å². The largest absolute Gasteiger partial charge is 0.496 e. The second-order valence-electron chi connectivity index (χ2n) is 7.91. The second-order valence-corrected chi connectivity index (χ2v) is 7.91. The molecule has 2 aromatic carbocycles. The Kier molecular flexibility index (Phi) is 9.07. The predicted molar refractivity (Wildman–Crippen MR) is 133 cm³/mol. The van der Waals surface area contributed by atoms with Gasteiger partial charge in [-0.15, -0.1) is 0 Å². The Morgan fingerprint density at radius 1 is 1.03 bits per heavy atom. The van der Waals surface area contributed by atoms with E-state index in [1.54, 1.807) is 25.1 Å². The molecule has 0 saturated heterocycles. The van der Waals surface area contributed by atoms with E-state index >= 15 is 0 Å². The monoisotopic (exact) mass is 466 g/mol. The summed E-state index contributed by atoms with van der Waals surface area (Å²) in [6, 6.07) is 15.3. The van der Waals surface area contributed by atoms with Crippen LogP contribution in [0.1, 0.15) is 13.8 Å². The van der Waals surface area contributed by atoms with Crippen molar-refractivity contribution in [3.05, 3.63) is 54.9 Å². The van der Waals surface area contributed by atoms with Gasteiger partial charge in [0.05, 0.1) is 32.3 Å². The first-order chi connectivity index (χ1) is 16.5. The number of amides is 1. The molecule has 0 bridgehead atoms. The Morgan fingerprint density at radius 3 is 2.24 bits per heavy atom. The molecule has 0 fully saturated rings. The van der Waals surface area contributed by atoms with Crippen LogP contribution in [0.25, 0.3) is 22.5 Å². The van der Waals surface area contributed by atoms with E-state index in [-0.39, 0.29) is 19.0 Å². The molecule has 3 rings (SSSR count). The number of nitrogens with one attached hydrogen (secondary N) is 1. The van der Waals surface area contributed by atoms with Crippen molar-refractivity contribution in [3.63, 3.8) is 0 Å². The fourth-order valence-corrected chi connectivity index (χ4v) is 3.95. The van der Waals surface area contributed by atoms with Crippen LogP contribution >= 0.6 is 0 Å². The summed E-state index contributed by atoms with van der Waals surface area (Å²) in [7, 11) is 3.24. The van der Waals surface area contributed by atoms with Crippen LogP contribution in [0.5, 0.6) is 11.5 Å². The van der Waals surface area contributed by atoms with Gasteiger partial charge in [-0.3, -0.25) is 4.79 Å². The van der Waals surface area contributed by atoms with Gasteiger partial charge in [-0.05, 0) is 37.4 Å². The third kappa shape index (κ3) is 5.95. The van der Waals surface area contributed by atoms with E-state index in [1.165, 1.54) is 0 Å². The number of aromatic nitrogens is 2. The van der Waals surface area contributed by atoms with E-state index < -0.39 is 6.10 Å². The molecule has 2 N–H and O–H groups in total. The van der Waals surface area contributed by atoms with Crippen molar-refractivity contribution in [2.45, 2.75) is 26.5 Å². The Bertz CT molecular complexity index is 1080. The number of hydrogen-bond donors (Lipinski definition) is 2. The van der Waals surface area contributed by atoms with Gasteiger partial charge in [0.2, 0.25) is 5.91 Å². The van der Waals surface area contributed by atoms with Crippen LogP contribution in [0.4, 0.5) is 0 Å². The lowest BCUT2D eigenvalue weighted by atomic mass is 10.0. The molecule has 8 heteroatoms. The number of likely N-dealkylation sites (N-methyl/N-ethyl adjacent to an activating group) is 1. The number of aliphatic hydroxyl groups is 1. The number of carbonyl (C=O) groups excluding carboxylic acids is 1. The third-order valence-electron chi connectivity index (χ3n) is 5.77. The van der Waals surface area contributed by atoms with E-state index in [0.29, 0.717) is 23.7 Å². The number of rotatable bonds is 12. The number of carbonyl (C=O) groups is 1. The standard InChI is InChI=1S/C26H34N4O4/c1-5-29(6-2)16-19(31)15-27-24(32)17-30-18-28-25(20-11-7-9-13-22(20)33-3)26(30)21-12-8-10-14-23(21)34-4/h7-14,18-19,31H,5-6,15-17H2,1-4H3,(H,27,32). The lowest BCUT2D eigenvalue weighted by Gasteiger charge is -2.22. The zero-order valence-electron chi connectivity index (χ0n) is 20.3. The zero-order valence-corrected chi connectivity index (χ0v) is 20.3. The maximum atomic E-state index is 12.8. The molecule has 0 aliphatic heterocycles. The van der Waals surface area contributed by atoms with Crippen molar-refractivity contribution in [2.24, 2.45) is 0 Å². The predicted octanol–water partition coefficient (Wildman–Crippen LogP) is 3.05. The van der Waals surface area contributed by atoms with Gasteiger partial charge >= 0.3 is 0 Å². The highest BCUT2D eigenvalue weighted by atomic mass is 16.5. The molecule has 182 valence electrons. The molecule has 1 unspecified atom stereocenters. The highest BCUT2D eigenvalue weighted by Gasteiger charge is 2.22. The van der Waals surface area contributed by atoms with E-state index in [2.05, 4.69) is 15.2 Å². The lowest BCUT2D eigenvalue weighted by Crippen LogP contribution is -2.41. The fourth-order valence-electron chi connectivity index (χ4n) is 3.95. The molecular formula is C26H34N4O4. The average Bonchev–Trinajstić information content (AvgIpc) is 3.28. The van der Waals surface area contributed by atoms with Crippen molar-refractivity contribution < 1.29 is 19.4 Å². The molecule has 1 aromatic heterocycles. The number of methoxy groups -OCH3 is 2. The van der Waals surface area contributed by atoms with Crippen molar-refractivity contribution >= 4 is 5.91 Å². The summed E-state index contributed by atoms with van der Waals surface area (Å²) in [4.78, 5) is 19.6. The second kappa shape index (κ2) is 12.2. The van der Waals surface area contributed by atoms with E-state index in [9.17, 15) is 9.90 Å². The molecule has 1 atom stereocenters. The van der Waals surface area contributed by atoms with Crippen molar-refractivity contribution in [1.29, 1.82) is 0 Å². The van der Waals surface area contributed by atoms with Gasteiger partial charge in [0.25, 0.3) is 0 Å². The molecular weight excluding hydrogens is 432 g/mol. The van der Waals surface area contributed by atoms with Crippen LogP contribution in [0.15, 0.2) is 54.9 Å². The van der Waals surface area contributed by atoms with Gasteiger partial charge in [0, 0.05) is 24.2 Å². The quantitative estimate of drug-likeness (QED) is 0.427. The van der Waals surface area contributed by atoms with Crippen molar-refractivity contribution in [1.82, 2.24) is 19.8 Å². The van der Waals surface area contributed by atoms with Gasteiger partial charge in [0.15, 0.2) is 0 Å². The minimum atomic E-state index is -0.635. The normalized spacial score (nSPS) is 11.9.